The van der Waals surface area contributed by atoms with Crippen LogP contribution in [0.25, 0.3) is 0 Å². The first kappa shape index (κ1) is 19.4. The van der Waals surface area contributed by atoms with Crippen molar-refractivity contribution in [2.75, 3.05) is 13.7 Å². The van der Waals surface area contributed by atoms with Gasteiger partial charge in [-0.3, -0.25) is 9.59 Å². The first-order chi connectivity index (χ1) is 12.6. The molecule has 0 aliphatic carbocycles. The fourth-order valence-electron chi connectivity index (χ4n) is 2.37. The zero-order chi connectivity index (χ0) is 18.8. The highest BCUT2D eigenvalue weighted by atomic mass is 16.5. The van der Waals surface area contributed by atoms with E-state index < -0.39 is 0 Å². The fraction of sp³-hybridized carbons (Fsp3) is 0.350. The standard InChI is InChI=1S/C20H25N3O3/c1-3-4-5-13-21-19(24)17-7-6-8-18(23-17)20(25)22-14-15-9-11-16(26-2)12-10-15/h6-12H,3-5,13-14H2,1-2H3,(H,21,24)(H,22,25). The summed E-state index contributed by atoms with van der Waals surface area (Å²) in [6.07, 6.45) is 3.10. The van der Waals surface area contributed by atoms with E-state index in [-0.39, 0.29) is 23.2 Å². The predicted octanol–water partition coefficient (Wildman–Crippen LogP) is 2.94. The Hall–Kier alpha value is -2.89. The molecule has 0 saturated carbocycles. The molecule has 2 N–H and O–H groups in total. The zero-order valence-corrected chi connectivity index (χ0v) is 15.2. The summed E-state index contributed by atoms with van der Waals surface area (Å²) >= 11 is 0. The Morgan fingerprint density at radius 2 is 1.62 bits per heavy atom. The van der Waals surface area contributed by atoms with E-state index in [1.807, 2.05) is 24.3 Å². The van der Waals surface area contributed by atoms with Gasteiger partial charge in [0, 0.05) is 13.1 Å². The smallest absolute Gasteiger partial charge is 0.270 e. The molecule has 0 atom stereocenters. The molecule has 0 unspecified atom stereocenters. The summed E-state index contributed by atoms with van der Waals surface area (Å²) in [5, 5.41) is 5.63. The Labute approximate surface area is 154 Å². The number of carbonyl (C=O) groups is 2. The molecule has 0 fully saturated rings. The molecular formula is C20H25N3O3. The molecule has 1 heterocycles. The number of nitrogens with zero attached hydrogens (tertiary/aromatic N) is 1. The Kier molecular flexibility index (Phi) is 7.61. The maximum absolute atomic E-state index is 12.3. The van der Waals surface area contributed by atoms with Crippen molar-refractivity contribution in [2.45, 2.75) is 32.7 Å². The van der Waals surface area contributed by atoms with Crippen molar-refractivity contribution in [2.24, 2.45) is 0 Å². The second-order valence-electron chi connectivity index (χ2n) is 5.90. The Morgan fingerprint density at radius 3 is 2.23 bits per heavy atom. The van der Waals surface area contributed by atoms with Crippen molar-refractivity contribution in [3.8, 4) is 5.75 Å². The predicted molar refractivity (Wildman–Crippen MR) is 100 cm³/mol. The monoisotopic (exact) mass is 355 g/mol. The van der Waals surface area contributed by atoms with Crippen LogP contribution in [0.15, 0.2) is 42.5 Å². The summed E-state index contributed by atoms with van der Waals surface area (Å²) < 4.78 is 5.11. The van der Waals surface area contributed by atoms with E-state index in [0.717, 1.165) is 30.6 Å². The van der Waals surface area contributed by atoms with Gasteiger partial charge in [-0.25, -0.2) is 4.98 Å². The van der Waals surface area contributed by atoms with Gasteiger partial charge in [0.15, 0.2) is 0 Å². The number of unbranched alkanes of at least 4 members (excludes halogenated alkanes) is 2. The van der Waals surface area contributed by atoms with Gasteiger partial charge in [-0.2, -0.15) is 0 Å². The van der Waals surface area contributed by atoms with E-state index in [1.54, 1.807) is 25.3 Å². The minimum absolute atomic E-state index is 0.222. The average Bonchev–Trinajstić information content (AvgIpc) is 2.69. The highest BCUT2D eigenvalue weighted by molar-refractivity contribution is 5.96. The van der Waals surface area contributed by atoms with Crippen LogP contribution in [-0.2, 0) is 6.54 Å². The van der Waals surface area contributed by atoms with Gasteiger partial charge < -0.3 is 15.4 Å². The molecule has 0 aliphatic heterocycles. The van der Waals surface area contributed by atoms with Gasteiger partial charge in [-0.05, 0) is 36.2 Å². The van der Waals surface area contributed by atoms with Crippen LogP contribution in [-0.4, -0.2) is 30.5 Å². The Balaban J connectivity index is 1.91. The molecule has 0 saturated heterocycles. The third-order valence-corrected chi connectivity index (χ3v) is 3.89. The molecule has 2 amide bonds. The average molecular weight is 355 g/mol. The first-order valence-electron chi connectivity index (χ1n) is 8.80. The lowest BCUT2D eigenvalue weighted by molar-refractivity contribution is 0.0942. The molecule has 0 aliphatic rings. The normalized spacial score (nSPS) is 10.2. The number of benzene rings is 1. The van der Waals surface area contributed by atoms with Gasteiger partial charge in [0.05, 0.1) is 7.11 Å². The molecule has 0 spiro atoms. The molecule has 1 aromatic heterocycles. The molecule has 1 aromatic carbocycles. The van der Waals surface area contributed by atoms with Crippen molar-refractivity contribution in [3.63, 3.8) is 0 Å². The van der Waals surface area contributed by atoms with Crippen molar-refractivity contribution in [1.29, 1.82) is 0 Å². The quantitative estimate of drug-likeness (QED) is 0.678. The van der Waals surface area contributed by atoms with Crippen molar-refractivity contribution in [3.05, 3.63) is 59.4 Å². The summed E-state index contributed by atoms with van der Waals surface area (Å²) in [6.45, 7) is 3.09. The van der Waals surface area contributed by atoms with Gasteiger partial charge in [-0.15, -0.1) is 0 Å². The minimum Gasteiger partial charge on any atom is -0.497 e. The van der Waals surface area contributed by atoms with E-state index in [4.69, 9.17) is 4.74 Å². The van der Waals surface area contributed by atoms with Crippen LogP contribution in [0.2, 0.25) is 0 Å². The highest BCUT2D eigenvalue weighted by Crippen LogP contribution is 2.11. The van der Waals surface area contributed by atoms with Crippen LogP contribution in [0, 0.1) is 0 Å². The number of rotatable bonds is 9. The summed E-state index contributed by atoms with van der Waals surface area (Å²) in [4.78, 5) is 28.6. The van der Waals surface area contributed by atoms with Crippen LogP contribution in [0.1, 0.15) is 52.7 Å². The Morgan fingerprint density at radius 1 is 0.962 bits per heavy atom. The van der Waals surface area contributed by atoms with E-state index in [1.165, 1.54) is 0 Å². The Bertz CT molecular complexity index is 729. The van der Waals surface area contributed by atoms with Crippen molar-refractivity contribution < 1.29 is 14.3 Å². The molecule has 6 heteroatoms. The summed E-state index contributed by atoms with van der Waals surface area (Å²) in [6, 6.07) is 12.3. The summed E-state index contributed by atoms with van der Waals surface area (Å²) in [5.74, 6) is 0.187. The SMILES string of the molecule is CCCCCNC(=O)c1cccc(C(=O)NCc2ccc(OC)cc2)n1. The van der Waals surface area contributed by atoms with Gasteiger partial charge in [0.1, 0.15) is 17.1 Å². The molecule has 0 bridgehead atoms. The molecular weight excluding hydrogens is 330 g/mol. The van der Waals surface area contributed by atoms with Crippen LogP contribution in [0.3, 0.4) is 0 Å². The van der Waals surface area contributed by atoms with Gasteiger partial charge in [-0.1, -0.05) is 38.0 Å². The molecule has 2 aromatic rings. The second-order valence-corrected chi connectivity index (χ2v) is 5.90. The van der Waals surface area contributed by atoms with Crippen molar-refractivity contribution >= 4 is 11.8 Å². The molecule has 138 valence electrons. The summed E-state index contributed by atoms with van der Waals surface area (Å²) in [7, 11) is 1.61. The van der Waals surface area contributed by atoms with Crippen LogP contribution < -0.4 is 15.4 Å². The lowest BCUT2D eigenvalue weighted by Gasteiger charge is -2.08. The molecule has 0 radical (unpaired) electrons. The van der Waals surface area contributed by atoms with E-state index in [9.17, 15) is 9.59 Å². The van der Waals surface area contributed by atoms with E-state index in [0.29, 0.717) is 13.1 Å². The second kappa shape index (κ2) is 10.2. The maximum atomic E-state index is 12.3. The maximum Gasteiger partial charge on any atom is 0.270 e. The van der Waals surface area contributed by atoms with Crippen LogP contribution in [0.5, 0.6) is 5.75 Å². The fourth-order valence-corrected chi connectivity index (χ4v) is 2.37. The van der Waals surface area contributed by atoms with Crippen LogP contribution >= 0.6 is 0 Å². The zero-order valence-electron chi connectivity index (χ0n) is 15.2. The molecule has 26 heavy (non-hydrogen) atoms. The van der Waals surface area contributed by atoms with Gasteiger partial charge in [0.25, 0.3) is 11.8 Å². The third kappa shape index (κ3) is 5.88. The molecule has 6 nitrogen and oxygen atoms in total. The van der Waals surface area contributed by atoms with Crippen LogP contribution in [0.4, 0.5) is 0 Å². The van der Waals surface area contributed by atoms with Crippen molar-refractivity contribution in [1.82, 2.24) is 15.6 Å². The van der Waals surface area contributed by atoms with E-state index >= 15 is 0 Å². The number of carbonyl (C=O) groups excluding carboxylic acids is 2. The highest BCUT2D eigenvalue weighted by Gasteiger charge is 2.12. The number of methoxy groups -OCH3 is 1. The first-order valence-corrected chi connectivity index (χ1v) is 8.80. The lowest BCUT2D eigenvalue weighted by Crippen LogP contribution is -2.28. The number of nitrogens with one attached hydrogen (secondary N) is 2. The largest absolute Gasteiger partial charge is 0.497 e. The topological polar surface area (TPSA) is 80.3 Å². The number of amides is 2. The van der Waals surface area contributed by atoms with E-state index in [2.05, 4.69) is 22.5 Å². The third-order valence-electron chi connectivity index (χ3n) is 3.89. The van der Waals surface area contributed by atoms with Gasteiger partial charge >= 0.3 is 0 Å². The number of pyridine rings is 1. The lowest BCUT2D eigenvalue weighted by atomic mass is 10.2. The summed E-state index contributed by atoms with van der Waals surface area (Å²) in [5.41, 5.74) is 1.42. The number of hydrogen-bond donors (Lipinski definition) is 2. The number of aromatic nitrogens is 1. The van der Waals surface area contributed by atoms with Gasteiger partial charge in [0.2, 0.25) is 0 Å². The molecule has 2 rings (SSSR count). The minimum atomic E-state index is -0.318. The number of hydrogen-bond acceptors (Lipinski definition) is 4. The number of ether oxygens (including phenoxy) is 1.